The van der Waals surface area contributed by atoms with Crippen LogP contribution in [0.4, 0.5) is 0 Å². The molecule has 3 aromatic rings. The monoisotopic (exact) mass is 319 g/mol. The fourth-order valence-corrected chi connectivity index (χ4v) is 3.33. The molecular formula is C14H10BrNOS. The van der Waals surface area contributed by atoms with Crippen LogP contribution in [-0.4, -0.2) is 3.96 Å². The molecule has 1 heterocycles. The van der Waals surface area contributed by atoms with E-state index in [1.54, 1.807) is 3.96 Å². The van der Waals surface area contributed by atoms with Crippen molar-refractivity contribution in [2.75, 3.05) is 0 Å². The maximum Gasteiger partial charge on any atom is 0.268 e. The first kappa shape index (κ1) is 11.7. The van der Waals surface area contributed by atoms with Gasteiger partial charge in [0, 0.05) is 4.47 Å². The molecule has 0 saturated carbocycles. The Labute approximate surface area is 117 Å². The van der Waals surface area contributed by atoms with Crippen molar-refractivity contribution >= 4 is 37.5 Å². The minimum Gasteiger partial charge on any atom is -0.268 e. The molecule has 18 heavy (non-hydrogen) atoms. The summed E-state index contributed by atoms with van der Waals surface area (Å²) < 4.78 is 3.87. The zero-order chi connectivity index (χ0) is 12.5. The number of hydrogen-bond donors (Lipinski definition) is 0. The van der Waals surface area contributed by atoms with Gasteiger partial charge in [-0.2, -0.15) is 0 Å². The fraction of sp³-hybridized carbons (Fsp3) is 0.0714. The minimum absolute atomic E-state index is 0.0892. The standard InChI is InChI=1S/C14H10BrNOS/c15-12-7-3-1-5-10(12)9-16-14(17)11-6-2-4-8-13(11)18-16/h1-8H,9H2. The van der Waals surface area contributed by atoms with Crippen LogP contribution in [0.3, 0.4) is 0 Å². The normalized spacial score (nSPS) is 10.9. The van der Waals surface area contributed by atoms with Gasteiger partial charge in [-0.25, -0.2) is 0 Å². The van der Waals surface area contributed by atoms with E-state index in [9.17, 15) is 4.79 Å². The van der Waals surface area contributed by atoms with Gasteiger partial charge >= 0.3 is 0 Å². The van der Waals surface area contributed by atoms with Gasteiger partial charge in [0.25, 0.3) is 5.56 Å². The van der Waals surface area contributed by atoms with Gasteiger partial charge in [-0.15, -0.1) is 0 Å². The van der Waals surface area contributed by atoms with Crippen LogP contribution in [0, 0.1) is 0 Å². The third kappa shape index (κ3) is 2.02. The number of hydrogen-bond acceptors (Lipinski definition) is 2. The van der Waals surface area contributed by atoms with E-state index >= 15 is 0 Å². The second-order valence-electron chi connectivity index (χ2n) is 4.02. The molecule has 90 valence electrons. The summed E-state index contributed by atoms with van der Waals surface area (Å²) in [4.78, 5) is 12.2. The molecule has 0 saturated heterocycles. The molecule has 0 aliphatic carbocycles. The third-order valence-electron chi connectivity index (χ3n) is 2.82. The summed E-state index contributed by atoms with van der Waals surface area (Å²) >= 11 is 5.02. The van der Waals surface area contributed by atoms with Crippen molar-refractivity contribution in [1.29, 1.82) is 0 Å². The molecule has 4 heteroatoms. The Morgan fingerprint density at radius 2 is 1.78 bits per heavy atom. The summed E-state index contributed by atoms with van der Waals surface area (Å²) in [6, 6.07) is 15.7. The molecule has 0 unspecified atom stereocenters. The van der Waals surface area contributed by atoms with E-state index in [1.807, 2.05) is 48.5 Å². The van der Waals surface area contributed by atoms with Gasteiger partial charge in [0.05, 0.1) is 16.6 Å². The van der Waals surface area contributed by atoms with E-state index in [-0.39, 0.29) is 5.56 Å². The number of benzene rings is 2. The highest BCUT2D eigenvalue weighted by atomic mass is 79.9. The van der Waals surface area contributed by atoms with Gasteiger partial charge in [0.15, 0.2) is 0 Å². The molecule has 2 aromatic carbocycles. The molecular weight excluding hydrogens is 310 g/mol. The highest BCUT2D eigenvalue weighted by Gasteiger charge is 2.08. The lowest BCUT2D eigenvalue weighted by molar-refractivity contribution is 0.850. The average molecular weight is 320 g/mol. The quantitative estimate of drug-likeness (QED) is 0.702. The smallest absolute Gasteiger partial charge is 0.268 e. The van der Waals surface area contributed by atoms with Crippen LogP contribution in [0.5, 0.6) is 0 Å². The van der Waals surface area contributed by atoms with Crippen molar-refractivity contribution in [3.05, 3.63) is 68.9 Å². The molecule has 0 fully saturated rings. The van der Waals surface area contributed by atoms with Crippen LogP contribution in [0.2, 0.25) is 0 Å². The van der Waals surface area contributed by atoms with Crippen LogP contribution in [0.1, 0.15) is 5.56 Å². The molecule has 0 bridgehead atoms. The summed E-state index contributed by atoms with van der Waals surface area (Å²) in [5.41, 5.74) is 1.21. The average Bonchev–Trinajstić information content (AvgIpc) is 2.70. The van der Waals surface area contributed by atoms with Crippen LogP contribution in [0.25, 0.3) is 10.1 Å². The zero-order valence-electron chi connectivity index (χ0n) is 9.47. The first-order chi connectivity index (χ1) is 8.75. The molecule has 0 radical (unpaired) electrons. The van der Waals surface area contributed by atoms with Gasteiger partial charge in [-0.1, -0.05) is 57.8 Å². The number of aromatic nitrogens is 1. The van der Waals surface area contributed by atoms with Crippen molar-refractivity contribution < 1.29 is 0 Å². The van der Waals surface area contributed by atoms with Crippen molar-refractivity contribution in [3.63, 3.8) is 0 Å². The second kappa shape index (κ2) is 4.71. The topological polar surface area (TPSA) is 22.0 Å². The SMILES string of the molecule is O=c1c2ccccc2sn1Cc1ccccc1Br. The van der Waals surface area contributed by atoms with E-state index in [0.29, 0.717) is 6.54 Å². The maximum atomic E-state index is 12.2. The van der Waals surface area contributed by atoms with Gasteiger partial charge in [-0.3, -0.25) is 8.75 Å². The van der Waals surface area contributed by atoms with E-state index < -0.39 is 0 Å². The Kier molecular flexibility index (Phi) is 3.06. The van der Waals surface area contributed by atoms with Crippen molar-refractivity contribution in [3.8, 4) is 0 Å². The molecule has 0 spiro atoms. The molecule has 0 aliphatic heterocycles. The Morgan fingerprint density at radius 1 is 1.06 bits per heavy atom. The molecule has 0 atom stereocenters. The van der Waals surface area contributed by atoms with E-state index in [0.717, 1.165) is 20.1 Å². The Balaban J connectivity index is 2.09. The largest absolute Gasteiger partial charge is 0.268 e. The van der Waals surface area contributed by atoms with Crippen molar-refractivity contribution in [2.24, 2.45) is 0 Å². The highest BCUT2D eigenvalue weighted by Crippen LogP contribution is 2.20. The predicted molar refractivity (Wildman–Crippen MR) is 79.3 cm³/mol. The van der Waals surface area contributed by atoms with Crippen LogP contribution < -0.4 is 5.56 Å². The Morgan fingerprint density at radius 3 is 2.56 bits per heavy atom. The first-order valence-electron chi connectivity index (χ1n) is 5.58. The number of nitrogens with zero attached hydrogens (tertiary/aromatic N) is 1. The molecule has 2 nitrogen and oxygen atoms in total. The fourth-order valence-electron chi connectivity index (χ4n) is 1.90. The molecule has 3 rings (SSSR count). The number of halogens is 1. The molecule has 1 aromatic heterocycles. The van der Waals surface area contributed by atoms with Gasteiger partial charge in [0.2, 0.25) is 0 Å². The van der Waals surface area contributed by atoms with Gasteiger partial charge in [-0.05, 0) is 23.8 Å². The van der Waals surface area contributed by atoms with E-state index in [2.05, 4.69) is 15.9 Å². The highest BCUT2D eigenvalue weighted by molar-refractivity contribution is 9.10. The Hall–Kier alpha value is -1.39. The molecule has 0 amide bonds. The van der Waals surface area contributed by atoms with E-state index in [4.69, 9.17) is 0 Å². The summed E-state index contributed by atoms with van der Waals surface area (Å²) in [5, 5.41) is 0.801. The third-order valence-corrected chi connectivity index (χ3v) is 4.67. The molecule has 0 N–H and O–H groups in total. The van der Waals surface area contributed by atoms with Crippen LogP contribution in [-0.2, 0) is 6.54 Å². The lowest BCUT2D eigenvalue weighted by Crippen LogP contribution is -2.13. The van der Waals surface area contributed by atoms with Crippen molar-refractivity contribution in [2.45, 2.75) is 6.54 Å². The van der Waals surface area contributed by atoms with Crippen LogP contribution >= 0.6 is 27.5 Å². The summed E-state index contributed by atoms with van der Waals surface area (Å²) in [6.45, 7) is 0.611. The second-order valence-corrected chi connectivity index (χ2v) is 5.94. The lowest BCUT2D eigenvalue weighted by atomic mass is 10.2. The number of fused-ring (bicyclic) bond motifs is 1. The summed E-state index contributed by atoms with van der Waals surface area (Å²) in [5.74, 6) is 0. The predicted octanol–water partition coefficient (Wildman–Crippen LogP) is 3.87. The van der Waals surface area contributed by atoms with E-state index in [1.165, 1.54) is 11.5 Å². The maximum absolute atomic E-state index is 12.2. The lowest BCUT2D eigenvalue weighted by Gasteiger charge is -2.03. The number of rotatable bonds is 2. The minimum atomic E-state index is 0.0892. The van der Waals surface area contributed by atoms with Crippen molar-refractivity contribution in [1.82, 2.24) is 3.96 Å². The van der Waals surface area contributed by atoms with Crippen LogP contribution in [0.15, 0.2) is 57.8 Å². The Bertz CT molecular complexity index is 760. The van der Waals surface area contributed by atoms with Gasteiger partial charge in [0.1, 0.15) is 0 Å². The first-order valence-corrected chi connectivity index (χ1v) is 7.14. The zero-order valence-corrected chi connectivity index (χ0v) is 11.9. The van der Waals surface area contributed by atoms with Gasteiger partial charge < -0.3 is 0 Å². The summed E-state index contributed by atoms with van der Waals surface area (Å²) in [7, 11) is 0. The summed E-state index contributed by atoms with van der Waals surface area (Å²) in [6.07, 6.45) is 0. The molecule has 0 aliphatic rings.